The van der Waals surface area contributed by atoms with Crippen molar-refractivity contribution in [3.63, 3.8) is 0 Å². The highest BCUT2D eigenvalue weighted by molar-refractivity contribution is 7.89. The summed E-state index contributed by atoms with van der Waals surface area (Å²) in [6.07, 6.45) is 0.859. The Balaban J connectivity index is 2.28. The van der Waals surface area contributed by atoms with Gasteiger partial charge in [0.15, 0.2) is 11.5 Å². The van der Waals surface area contributed by atoms with E-state index >= 15 is 0 Å². The van der Waals surface area contributed by atoms with Crippen LogP contribution < -0.4 is 9.57 Å². The van der Waals surface area contributed by atoms with E-state index in [2.05, 4.69) is 5.10 Å². The number of nitrogens with zero attached hydrogens (tertiary/aromatic N) is 2. The summed E-state index contributed by atoms with van der Waals surface area (Å²) >= 11 is 0. The molecule has 0 aliphatic carbocycles. The molecule has 0 saturated carbocycles. The van der Waals surface area contributed by atoms with Crippen LogP contribution in [0.25, 0.3) is 0 Å². The first kappa shape index (κ1) is 18.1. The van der Waals surface area contributed by atoms with Crippen LogP contribution in [0.4, 0.5) is 10.1 Å². The number of rotatable bonds is 6. The standard InChI is InChI=1S/C14H12FN3O6S/c1-24-14-7-12(18(20)21)9(6-13(14)19)8-16-17-25(22,23)11-4-2-10(15)3-5-11/h2-8,17,19H,1H3/b16-8+. The molecular formula is C14H12FN3O6S. The van der Waals surface area contributed by atoms with Crippen LogP contribution in [0, 0.1) is 15.9 Å². The minimum Gasteiger partial charge on any atom is -0.504 e. The maximum atomic E-state index is 12.8. The number of hydrazone groups is 1. The van der Waals surface area contributed by atoms with E-state index in [1.54, 1.807) is 0 Å². The van der Waals surface area contributed by atoms with E-state index in [0.717, 1.165) is 42.6 Å². The Kier molecular flexibility index (Phi) is 5.17. The quantitative estimate of drug-likeness (QED) is 0.453. The van der Waals surface area contributed by atoms with Gasteiger partial charge >= 0.3 is 0 Å². The lowest BCUT2D eigenvalue weighted by molar-refractivity contribution is -0.385. The molecule has 11 heteroatoms. The Morgan fingerprint density at radius 3 is 2.52 bits per heavy atom. The fourth-order valence-electron chi connectivity index (χ4n) is 1.83. The highest BCUT2D eigenvalue weighted by Crippen LogP contribution is 2.32. The lowest BCUT2D eigenvalue weighted by Gasteiger charge is -2.05. The van der Waals surface area contributed by atoms with Crippen LogP contribution in [0.2, 0.25) is 0 Å². The van der Waals surface area contributed by atoms with Crippen molar-refractivity contribution >= 4 is 21.9 Å². The Labute approximate surface area is 141 Å². The molecule has 0 aromatic heterocycles. The number of phenolic OH excluding ortho intramolecular Hbond substituents is 1. The molecule has 2 aromatic rings. The predicted octanol–water partition coefficient (Wildman–Crippen LogP) is 1.76. The summed E-state index contributed by atoms with van der Waals surface area (Å²) in [6.45, 7) is 0. The Hall–Kier alpha value is -3.21. The summed E-state index contributed by atoms with van der Waals surface area (Å²) in [6, 6.07) is 5.98. The van der Waals surface area contributed by atoms with Crippen LogP contribution in [0.5, 0.6) is 11.5 Å². The van der Waals surface area contributed by atoms with Crippen molar-refractivity contribution in [3.8, 4) is 11.5 Å². The molecule has 0 bridgehead atoms. The third-order valence-corrected chi connectivity index (χ3v) is 4.26. The predicted molar refractivity (Wildman–Crippen MR) is 85.6 cm³/mol. The lowest BCUT2D eigenvalue weighted by Crippen LogP contribution is -2.18. The number of benzene rings is 2. The van der Waals surface area contributed by atoms with Gasteiger partial charge in [-0.2, -0.15) is 13.5 Å². The number of nitro benzene ring substituents is 1. The highest BCUT2D eigenvalue weighted by Gasteiger charge is 2.18. The van der Waals surface area contributed by atoms with E-state index in [1.807, 2.05) is 4.83 Å². The number of aromatic hydroxyl groups is 1. The summed E-state index contributed by atoms with van der Waals surface area (Å²) in [4.78, 5) is 11.9. The van der Waals surface area contributed by atoms with Crippen LogP contribution in [0.15, 0.2) is 46.4 Å². The van der Waals surface area contributed by atoms with Crippen LogP contribution in [-0.2, 0) is 10.0 Å². The van der Waals surface area contributed by atoms with Gasteiger partial charge in [-0.15, -0.1) is 0 Å². The molecule has 0 spiro atoms. The first-order chi connectivity index (χ1) is 11.7. The van der Waals surface area contributed by atoms with E-state index in [4.69, 9.17) is 4.74 Å². The molecule has 2 N–H and O–H groups in total. The van der Waals surface area contributed by atoms with Crippen LogP contribution in [-0.4, -0.2) is 31.8 Å². The molecule has 0 atom stereocenters. The summed E-state index contributed by atoms with van der Waals surface area (Å²) in [5, 5.41) is 24.2. The third-order valence-electron chi connectivity index (χ3n) is 3.03. The monoisotopic (exact) mass is 369 g/mol. The number of nitrogens with one attached hydrogen (secondary N) is 1. The molecule has 25 heavy (non-hydrogen) atoms. The molecule has 0 unspecified atom stereocenters. The van der Waals surface area contributed by atoms with Gasteiger partial charge in [-0.3, -0.25) is 10.1 Å². The molecule has 0 aliphatic rings. The molecule has 0 aliphatic heterocycles. The van der Waals surface area contributed by atoms with Gasteiger partial charge in [-0.05, 0) is 30.3 Å². The molecule has 0 heterocycles. The first-order valence-electron chi connectivity index (χ1n) is 6.60. The summed E-state index contributed by atoms with van der Waals surface area (Å²) < 4.78 is 41.5. The molecule has 9 nitrogen and oxygen atoms in total. The van der Waals surface area contributed by atoms with E-state index in [9.17, 15) is 28.0 Å². The SMILES string of the molecule is COc1cc([N+](=O)[O-])c(/C=N/NS(=O)(=O)c2ccc(F)cc2)cc1O. The van der Waals surface area contributed by atoms with Gasteiger partial charge in [0.05, 0.1) is 34.8 Å². The molecule has 0 radical (unpaired) electrons. The van der Waals surface area contributed by atoms with Crippen molar-refractivity contribution in [2.24, 2.45) is 5.10 Å². The zero-order valence-electron chi connectivity index (χ0n) is 12.7. The van der Waals surface area contributed by atoms with E-state index < -0.39 is 26.5 Å². The molecule has 2 rings (SSSR count). The third kappa shape index (κ3) is 4.20. The molecular weight excluding hydrogens is 357 g/mol. The number of hydrogen-bond acceptors (Lipinski definition) is 7. The van der Waals surface area contributed by atoms with Crippen molar-refractivity contribution in [2.45, 2.75) is 4.90 Å². The Bertz CT molecular complexity index is 928. The zero-order chi connectivity index (χ0) is 18.6. The second-order valence-electron chi connectivity index (χ2n) is 4.65. The van der Waals surface area contributed by atoms with Crippen molar-refractivity contribution in [2.75, 3.05) is 7.11 Å². The molecule has 0 fully saturated rings. The largest absolute Gasteiger partial charge is 0.504 e. The van der Waals surface area contributed by atoms with Gasteiger partial charge in [0, 0.05) is 0 Å². The topological polar surface area (TPSA) is 131 Å². The average molecular weight is 369 g/mol. The number of phenols is 1. The minimum atomic E-state index is -4.07. The number of hydrogen-bond donors (Lipinski definition) is 2. The van der Waals surface area contributed by atoms with Gasteiger partial charge in [-0.25, -0.2) is 9.22 Å². The van der Waals surface area contributed by atoms with Gasteiger partial charge < -0.3 is 9.84 Å². The number of methoxy groups -OCH3 is 1. The Morgan fingerprint density at radius 2 is 1.96 bits per heavy atom. The van der Waals surface area contributed by atoms with Crippen LogP contribution >= 0.6 is 0 Å². The fraction of sp³-hybridized carbons (Fsp3) is 0.0714. The number of sulfonamides is 1. The Morgan fingerprint density at radius 1 is 1.32 bits per heavy atom. The van der Waals surface area contributed by atoms with Crippen molar-refractivity contribution in [1.82, 2.24) is 4.83 Å². The van der Waals surface area contributed by atoms with Crippen molar-refractivity contribution < 1.29 is 27.6 Å². The second-order valence-corrected chi connectivity index (χ2v) is 6.31. The lowest BCUT2D eigenvalue weighted by atomic mass is 10.1. The molecule has 2 aromatic carbocycles. The second kappa shape index (κ2) is 7.13. The smallest absolute Gasteiger partial charge is 0.282 e. The minimum absolute atomic E-state index is 0.115. The van der Waals surface area contributed by atoms with Crippen molar-refractivity contribution in [3.05, 3.63) is 57.9 Å². The van der Waals surface area contributed by atoms with E-state index in [1.165, 1.54) is 7.11 Å². The van der Waals surface area contributed by atoms with Gasteiger partial charge in [0.25, 0.3) is 15.7 Å². The molecule has 0 saturated heterocycles. The first-order valence-corrected chi connectivity index (χ1v) is 8.09. The zero-order valence-corrected chi connectivity index (χ0v) is 13.5. The van der Waals surface area contributed by atoms with Crippen molar-refractivity contribution in [1.29, 1.82) is 0 Å². The molecule has 132 valence electrons. The van der Waals surface area contributed by atoms with Gasteiger partial charge in [0.2, 0.25) is 0 Å². The number of halogens is 1. The highest BCUT2D eigenvalue weighted by atomic mass is 32.2. The summed E-state index contributed by atoms with van der Waals surface area (Å²) in [5.74, 6) is -1.10. The average Bonchev–Trinajstić information content (AvgIpc) is 2.55. The van der Waals surface area contributed by atoms with Crippen LogP contribution in [0.3, 0.4) is 0 Å². The summed E-state index contributed by atoms with van der Waals surface area (Å²) in [7, 11) is -2.85. The van der Waals surface area contributed by atoms with Gasteiger partial charge in [-0.1, -0.05) is 0 Å². The van der Waals surface area contributed by atoms with E-state index in [0.29, 0.717) is 0 Å². The number of nitro groups is 1. The van der Waals surface area contributed by atoms with E-state index in [-0.39, 0.29) is 22.0 Å². The fourth-order valence-corrected chi connectivity index (χ4v) is 2.62. The summed E-state index contributed by atoms with van der Waals surface area (Å²) in [5.41, 5.74) is -0.593. The number of ether oxygens (including phenoxy) is 1. The molecule has 0 amide bonds. The van der Waals surface area contributed by atoms with Gasteiger partial charge in [0.1, 0.15) is 5.82 Å². The van der Waals surface area contributed by atoms with Crippen LogP contribution in [0.1, 0.15) is 5.56 Å². The maximum Gasteiger partial charge on any atom is 0.282 e. The normalized spacial score (nSPS) is 11.4. The maximum absolute atomic E-state index is 12.8.